The summed E-state index contributed by atoms with van der Waals surface area (Å²) in [5.74, 6) is -0.244. The van der Waals surface area contributed by atoms with Gasteiger partial charge in [-0.25, -0.2) is 4.98 Å². The summed E-state index contributed by atoms with van der Waals surface area (Å²) in [5, 5.41) is 3.32. The first kappa shape index (κ1) is 20.7. The number of benzene rings is 1. The van der Waals surface area contributed by atoms with Gasteiger partial charge in [0.1, 0.15) is 11.4 Å². The van der Waals surface area contributed by atoms with Gasteiger partial charge in [0.15, 0.2) is 0 Å². The molecule has 1 N–H and O–H groups in total. The summed E-state index contributed by atoms with van der Waals surface area (Å²) >= 11 is 1.26. The second-order valence-corrected chi connectivity index (χ2v) is 9.37. The van der Waals surface area contributed by atoms with Gasteiger partial charge in [0.2, 0.25) is 5.91 Å². The van der Waals surface area contributed by atoms with Crippen LogP contribution in [0.15, 0.2) is 41.5 Å². The molecule has 0 unspecified atom stereocenters. The Kier molecular flexibility index (Phi) is 5.42. The third-order valence-corrected chi connectivity index (χ3v) is 7.24. The van der Waals surface area contributed by atoms with Crippen LogP contribution in [0.3, 0.4) is 0 Å². The average Bonchev–Trinajstić information content (AvgIpc) is 3.56. The number of para-hydroxylation sites is 1. The van der Waals surface area contributed by atoms with Crippen molar-refractivity contribution in [2.45, 2.75) is 32.4 Å². The Balaban J connectivity index is 1.33. The van der Waals surface area contributed by atoms with E-state index in [9.17, 15) is 14.4 Å². The van der Waals surface area contributed by atoms with Crippen LogP contribution < -0.4 is 15.8 Å². The molecule has 3 heterocycles. The van der Waals surface area contributed by atoms with Crippen molar-refractivity contribution in [3.63, 3.8) is 0 Å². The Hall–Kier alpha value is -3.20. The number of nitrogens with one attached hydrogen (secondary N) is 1. The number of hydrogen-bond donors (Lipinski definition) is 1. The zero-order valence-corrected chi connectivity index (χ0v) is 18.7. The number of hydrogen-bond acceptors (Lipinski definition) is 6. The third kappa shape index (κ3) is 4.00. The van der Waals surface area contributed by atoms with E-state index in [0.29, 0.717) is 33.7 Å². The first-order chi connectivity index (χ1) is 15.5. The van der Waals surface area contributed by atoms with E-state index in [2.05, 4.69) is 27.3 Å². The van der Waals surface area contributed by atoms with Crippen molar-refractivity contribution < 1.29 is 9.59 Å². The van der Waals surface area contributed by atoms with Crippen LogP contribution in [-0.4, -0.2) is 58.5 Å². The van der Waals surface area contributed by atoms with Gasteiger partial charge in [0.05, 0.1) is 16.6 Å². The predicted molar refractivity (Wildman–Crippen MR) is 124 cm³/mol. The van der Waals surface area contributed by atoms with Crippen LogP contribution >= 0.6 is 11.3 Å². The molecule has 32 heavy (non-hydrogen) atoms. The van der Waals surface area contributed by atoms with Crippen molar-refractivity contribution in [1.29, 1.82) is 0 Å². The van der Waals surface area contributed by atoms with Crippen molar-refractivity contribution in [2.24, 2.45) is 0 Å². The Labute approximate surface area is 189 Å². The van der Waals surface area contributed by atoms with E-state index in [-0.39, 0.29) is 30.0 Å². The average molecular weight is 452 g/mol. The minimum atomic E-state index is -0.275. The molecule has 1 saturated carbocycles. The molecule has 5 rings (SSSR count). The van der Waals surface area contributed by atoms with Gasteiger partial charge in [-0.1, -0.05) is 18.2 Å². The molecule has 8 nitrogen and oxygen atoms in total. The maximum Gasteiger partial charge on any atom is 0.264 e. The molecule has 3 aromatic rings. The van der Waals surface area contributed by atoms with E-state index in [0.717, 1.165) is 31.6 Å². The second kappa shape index (κ2) is 8.38. The lowest BCUT2D eigenvalue weighted by molar-refractivity contribution is -0.121. The summed E-state index contributed by atoms with van der Waals surface area (Å²) in [4.78, 5) is 48.0. The molecule has 1 saturated heterocycles. The van der Waals surface area contributed by atoms with E-state index >= 15 is 0 Å². The van der Waals surface area contributed by atoms with Gasteiger partial charge in [-0.3, -0.25) is 19.0 Å². The molecule has 166 valence electrons. The lowest BCUT2D eigenvalue weighted by atomic mass is 10.2. The van der Waals surface area contributed by atoms with Crippen LogP contribution in [0.4, 0.5) is 5.69 Å². The Morgan fingerprint density at radius 3 is 2.53 bits per heavy atom. The van der Waals surface area contributed by atoms with Crippen molar-refractivity contribution in [3.05, 3.63) is 57.5 Å². The molecule has 2 fully saturated rings. The lowest BCUT2D eigenvalue weighted by Crippen LogP contribution is -2.48. The van der Waals surface area contributed by atoms with E-state index in [4.69, 9.17) is 0 Å². The normalized spacial score (nSPS) is 16.4. The van der Waals surface area contributed by atoms with Crippen molar-refractivity contribution in [2.75, 3.05) is 31.1 Å². The van der Waals surface area contributed by atoms with Gasteiger partial charge in [-0.2, -0.15) is 0 Å². The molecule has 1 aliphatic carbocycles. The number of carbonyl (C=O) groups is 2. The molecule has 0 radical (unpaired) electrons. The fourth-order valence-corrected chi connectivity index (χ4v) is 5.19. The maximum atomic E-state index is 13.3. The highest BCUT2D eigenvalue weighted by molar-refractivity contribution is 7.20. The Bertz CT molecular complexity index is 1220. The van der Waals surface area contributed by atoms with Crippen LogP contribution in [0.25, 0.3) is 10.2 Å². The van der Waals surface area contributed by atoms with Crippen LogP contribution in [0.5, 0.6) is 0 Å². The minimum Gasteiger partial charge on any atom is -0.368 e. The zero-order chi connectivity index (χ0) is 22.2. The SMILES string of the molecule is Cc1c(C(=O)N2CCN(c3ccccc3)CC2)sc2ncn(CC(=O)NC3CC3)c(=O)c12. The summed E-state index contributed by atoms with van der Waals surface area (Å²) in [5.41, 5.74) is 1.53. The van der Waals surface area contributed by atoms with Gasteiger partial charge in [-0.05, 0) is 37.5 Å². The highest BCUT2D eigenvalue weighted by Gasteiger charge is 2.27. The van der Waals surface area contributed by atoms with Gasteiger partial charge in [-0.15, -0.1) is 11.3 Å². The number of aryl methyl sites for hydroxylation is 1. The monoisotopic (exact) mass is 451 g/mol. The van der Waals surface area contributed by atoms with Gasteiger partial charge in [0.25, 0.3) is 11.5 Å². The quantitative estimate of drug-likeness (QED) is 0.641. The maximum absolute atomic E-state index is 13.3. The molecule has 0 bridgehead atoms. The number of rotatable bonds is 5. The Morgan fingerprint density at radius 2 is 1.84 bits per heavy atom. The molecule has 0 spiro atoms. The van der Waals surface area contributed by atoms with E-state index in [1.807, 2.05) is 23.1 Å². The lowest BCUT2D eigenvalue weighted by Gasteiger charge is -2.36. The molecular formula is C23H25N5O3S. The molecule has 2 amide bonds. The fourth-order valence-electron chi connectivity index (χ4n) is 4.08. The number of anilines is 1. The third-order valence-electron chi connectivity index (χ3n) is 6.06. The van der Waals surface area contributed by atoms with Crippen LogP contribution in [0.2, 0.25) is 0 Å². The molecule has 9 heteroatoms. The molecule has 2 aromatic heterocycles. The number of fused-ring (bicyclic) bond motifs is 1. The van der Waals surface area contributed by atoms with E-state index < -0.39 is 0 Å². The van der Waals surface area contributed by atoms with Crippen molar-refractivity contribution in [3.8, 4) is 0 Å². The van der Waals surface area contributed by atoms with Crippen molar-refractivity contribution >= 4 is 39.1 Å². The number of aromatic nitrogens is 2. The summed E-state index contributed by atoms with van der Waals surface area (Å²) in [6, 6.07) is 10.4. The smallest absolute Gasteiger partial charge is 0.264 e. The second-order valence-electron chi connectivity index (χ2n) is 8.37. The highest BCUT2D eigenvalue weighted by atomic mass is 32.1. The van der Waals surface area contributed by atoms with Gasteiger partial charge < -0.3 is 15.1 Å². The van der Waals surface area contributed by atoms with Crippen LogP contribution in [-0.2, 0) is 11.3 Å². The zero-order valence-electron chi connectivity index (χ0n) is 17.9. The minimum absolute atomic E-state index is 0.0573. The number of nitrogens with zero attached hydrogens (tertiary/aromatic N) is 4. The standard InChI is InChI=1S/C23H25N5O3S/c1-15-19-21(24-14-28(22(19)30)13-18(29)25-16-7-8-16)32-20(15)23(31)27-11-9-26(10-12-27)17-5-3-2-4-6-17/h2-6,14,16H,7-13H2,1H3,(H,25,29). The largest absolute Gasteiger partial charge is 0.368 e. The summed E-state index contributed by atoms with van der Waals surface area (Å²) in [6.07, 6.45) is 3.39. The first-order valence-electron chi connectivity index (χ1n) is 10.9. The molecular weight excluding hydrogens is 426 g/mol. The topological polar surface area (TPSA) is 87.5 Å². The number of carbonyl (C=O) groups excluding carboxylic acids is 2. The molecule has 1 aliphatic heterocycles. The summed E-state index contributed by atoms with van der Waals surface area (Å²) in [6.45, 7) is 4.52. The van der Waals surface area contributed by atoms with Gasteiger partial charge >= 0.3 is 0 Å². The number of piperazine rings is 1. The first-order valence-corrected chi connectivity index (χ1v) is 11.7. The molecule has 1 aromatic carbocycles. The summed E-state index contributed by atoms with van der Waals surface area (Å²) < 4.78 is 1.33. The van der Waals surface area contributed by atoms with Crippen molar-refractivity contribution in [1.82, 2.24) is 19.8 Å². The number of thiophene rings is 1. The van der Waals surface area contributed by atoms with E-state index in [1.54, 1.807) is 6.92 Å². The van der Waals surface area contributed by atoms with E-state index in [1.165, 1.54) is 22.2 Å². The van der Waals surface area contributed by atoms with Crippen LogP contribution in [0, 0.1) is 6.92 Å². The van der Waals surface area contributed by atoms with Gasteiger partial charge in [0, 0.05) is 37.9 Å². The fraction of sp³-hybridized carbons (Fsp3) is 0.391. The summed E-state index contributed by atoms with van der Waals surface area (Å²) in [7, 11) is 0. The van der Waals surface area contributed by atoms with Crippen LogP contribution in [0.1, 0.15) is 28.1 Å². The number of amides is 2. The molecule has 2 aliphatic rings. The molecule has 0 atom stereocenters. The highest BCUT2D eigenvalue weighted by Crippen LogP contribution is 2.28. The predicted octanol–water partition coefficient (Wildman–Crippen LogP) is 2.01. The Morgan fingerprint density at radius 1 is 1.12 bits per heavy atom.